The molecule has 0 aliphatic rings. The topological polar surface area (TPSA) is 98.0 Å². The lowest BCUT2D eigenvalue weighted by Gasteiger charge is -2.07. The largest absolute Gasteiger partial charge is 0.368 e. The van der Waals surface area contributed by atoms with Crippen molar-refractivity contribution in [2.45, 2.75) is 11.3 Å². The molecule has 1 heterocycles. The van der Waals surface area contributed by atoms with Crippen molar-refractivity contribution in [2.75, 3.05) is 11.9 Å². The lowest BCUT2D eigenvalue weighted by molar-refractivity contribution is 0.598. The predicted molar refractivity (Wildman–Crippen MR) is 99.6 cm³/mol. The van der Waals surface area contributed by atoms with Gasteiger partial charge >= 0.3 is 0 Å². The molecule has 3 aromatic rings. The number of anilines is 1. The lowest BCUT2D eigenvalue weighted by atomic mass is 10.1. The van der Waals surface area contributed by atoms with Crippen molar-refractivity contribution in [3.05, 3.63) is 58.2 Å². The molecule has 0 atom stereocenters. The number of nitrogens with two attached hydrogens (primary N) is 1. The Morgan fingerprint density at radius 1 is 1.04 bits per heavy atom. The Hall–Kier alpha value is -1.93. The molecule has 130 valence electrons. The van der Waals surface area contributed by atoms with Crippen molar-refractivity contribution in [1.82, 2.24) is 9.97 Å². The van der Waals surface area contributed by atoms with Crippen LogP contribution in [-0.4, -0.2) is 24.9 Å². The molecule has 25 heavy (non-hydrogen) atoms. The highest BCUT2D eigenvalue weighted by Gasteiger charge is 2.07. The van der Waals surface area contributed by atoms with Gasteiger partial charge in [0.05, 0.1) is 32.2 Å². The Morgan fingerprint density at radius 2 is 1.68 bits per heavy atom. The molecule has 3 N–H and O–H groups in total. The Bertz CT molecular complexity index is 1020. The van der Waals surface area contributed by atoms with E-state index in [1.807, 2.05) is 0 Å². The van der Waals surface area contributed by atoms with E-state index in [2.05, 4.69) is 15.3 Å². The molecule has 0 fully saturated rings. The molecule has 9 heteroatoms. The molecule has 0 aliphatic heterocycles. The summed E-state index contributed by atoms with van der Waals surface area (Å²) in [6.45, 7) is 0.607. The quantitative estimate of drug-likeness (QED) is 0.689. The van der Waals surface area contributed by atoms with Gasteiger partial charge in [0.1, 0.15) is 5.82 Å². The van der Waals surface area contributed by atoms with E-state index < -0.39 is 10.0 Å². The van der Waals surface area contributed by atoms with E-state index in [0.29, 0.717) is 39.9 Å². The van der Waals surface area contributed by atoms with Crippen LogP contribution in [0.2, 0.25) is 10.0 Å². The number of benzene rings is 2. The number of sulfonamides is 1. The van der Waals surface area contributed by atoms with Gasteiger partial charge in [-0.1, -0.05) is 35.3 Å². The second-order valence-corrected chi connectivity index (χ2v) is 7.75. The molecule has 6 nitrogen and oxygen atoms in total. The molecule has 0 saturated carbocycles. The molecule has 0 spiro atoms. The van der Waals surface area contributed by atoms with Crippen LogP contribution < -0.4 is 10.5 Å². The van der Waals surface area contributed by atoms with Gasteiger partial charge in [-0.2, -0.15) is 0 Å². The summed E-state index contributed by atoms with van der Waals surface area (Å²) in [6.07, 6.45) is 2.31. The molecule has 3 rings (SSSR count). The van der Waals surface area contributed by atoms with Crippen molar-refractivity contribution in [2.24, 2.45) is 5.14 Å². The number of hydrogen-bond acceptors (Lipinski definition) is 5. The van der Waals surface area contributed by atoms with Gasteiger partial charge in [-0.25, -0.2) is 18.5 Å². The maximum Gasteiger partial charge on any atom is 0.238 e. The van der Waals surface area contributed by atoms with E-state index >= 15 is 0 Å². The van der Waals surface area contributed by atoms with Crippen LogP contribution in [0.3, 0.4) is 0 Å². The van der Waals surface area contributed by atoms with Crippen molar-refractivity contribution < 1.29 is 8.42 Å². The van der Waals surface area contributed by atoms with Crippen LogP contribution in [0.15, 0.2) is 47.5 Å². The highest BCUT2D eigenvalue weighted by atomic mass is 35.5. The highest BCUT2D eigenvalue weighted by molar-refractivity contribution is 7.89. The molecule has 0 radical (unpaired) electrons. The number of halogens is 2. The number of rotatable bonds is 5. The van der Waals surface area contributed by atoms with Crippen LogP contribution in [0, 0.1) is 0 Å². The number of hydrogen-bond donors (Lipinski definition) is 2. The molecule has 0 unspecified atom stereocenters. The fourth-order valence-electron chi connectivity index (χ4n) is 2.27. The van der Waals surface area contributed by atoms with E-state index in [9.17, 15) is 8.42 Å². The molecule has 0 saturated heterocycles. The molecule has 0 bridgehead atoms. The number of aromatic nitrogens is 2. The second kappa shape index (κ2) is 7.13. The van der Waals surface area contributed by atoms with E-state index in [4.69, 9.17) is 28.3 Å². The van der Waals surface area contributed by atoms with E-state index in [-0.39, 0.29) is 4.90 Å². The monoisotopic (exact) mass is 396 g/mol. The molecule has 1 aromatic heterocycles. The smallest absolute Gasteiger partial charge is 0.238 e. The Balaban J connectivity index is 1.65. The zero-order valence-electron chi connectivity index (χ0n) is 12.9. The number of nitrogens with one attached hydrogen (secondary N) is 1. The summed E-state index contributed by atoms with van der Waals surface area (Å²) in [6, 6.07) is 9.79. The van der Waals surface area contributed by atoms with Crippen molar-refractivity contribution in [1.29, 1.82) is 0 Å². The van der Waals surface area contributed by atoms with Gasteiger partial charge in [0, 0.05) is 6.54 Å². The van der Waals surface area contributed by atoms with Crippen LogP contribution in [0.4, 0.5) is 5.82 Å². The minimum absolute atomic E-state index is 0.0974. The molecule has 0 aliphatic carbocycles. The third kappa shape index (κ3) is 4.38. The first-order valence-corrected chi connectivity index (χ1v) is 9.60. The predicted octanol–water partition coefficient (Wildman–Crippen LogP) is 3.24. The van der Waals surface area contributed by atoms with E-state index in [1.165, 1.54) is 12.1 Å². The summed E-state index contributed by atoms with van der Waals surface area (Å²) in [7, 11) is -3.66. The van der Waals surface area contributed by atoms with Gasteiger partial charge in [-0.15, -0.1) is 0 Å². The van der Waals surface area contributed by atoms with Crippen LogP contribution in [0.5, 0.6) is 0 Å². The summed E-state index contributed by atoms with van der Waals surface area (Å²) in [5.74, 6) is 0.618. The minimum atomic E-state index is -3.66. The number of primary sulfonamides is 1. The molecular formula is C16H14Cl2N4O2S. The van der Waals surface area contributed by atoms with Crippen LogP contribution in [0.25, 0.3) is 11.0 Å². The van der Waals surface area contributed by atoms with Crippen LogP contribution >= 0.6 is 23.2 Å². The first kappa shape index (κ1) is 17.9. The SMILES string of the molecule is NS(=O)(=O)c1ccc(CCNc2cnc3cc(Cl)c(Cl)cc3n2)cc1. The third-order valence-corrected chi connectivity index (χ3v) is 5.21. The van der Waals surface area contributed by atoms with E-state index in [0.717, 1.165) is 5.56 Å². The first-order chi connectivity index (χ1) is 11.8. The van der Waals surface area contributed by atoms with Gasteiger partial charge < -0.3 is 5.32 Å². The fraction of sp³-hybridized carbons (Fsp3) is 0.125. The molecule has 2 aromatic carbocycles. The summed E-state index contributed by atoms with van der Waals surface area (Å²) in [5.41, 5.74) is 2.29. The standard InChI is InChI=1S/C16H14Cl2N4O2S/c17-12-7-14-15(8-13(12)18)22-16(9-21-14)20-6-5-10-1-3-11(4-2-10)25(19,23)24/h1-4,7-9H,5-6H2,(H,20,22)(H2,19,23,24). The summed E-state index contributed by atoms with van der Waals surface area (Å²) >= 11 is 12.0. The average molecular weight is 397 g/mol. The van der Waals surface area contributed by atoms with Crippen molar-refractivity contribution >= 4 is 50.1 Å². The van der Waals surface area contributed by atoms with Gasteiger partial charge in [0.15, 0.2) is 0 Å². The van der Waals surface area contributed by atoms with Gasteiger partial charge in [-0.3, -0.25) is 4.98 Å². The fourth-order valence-corrected chi connectivity index (χ4v) is 3.11. The third-order valence-electron chi connectivity index (χ3n) is 3.56. The second-order valence-electron chi connectivity index (χ2n) is 5.38. The summed E-state index contributed by atoms with van der Waals surface area (Å²) < 4.78 is 22.5. The molecular weight excluding hydrogens is 383 g/mol. The van der Waals surface area contributed by atoms with Gasteiger partial charge in [0.25, 0.3) is 0 Å². The lowest BCUT2D eigenvalue weighted by Crippen LogP contribution is -2.12. The Kier molecular flexibility index (Phi) is 5.10. The van der Waals surface area contributed by atoms with Gasteiger partial charge in [-0.05, 0) is 36.2 Å². The zero-order valence-corrected chi connectivity index (χ0v) is 15.2. The Labute approximate surface area is 155 Å². The first-order valence-electron chi connectivity index (χ1n) is 7.30. The number of nitrogens with zero attached hydrogens (tertiary/aromatic N) is 2. The Morgan fingerprint density at radius 3 is 2.32 bits per heavy atom. The van der Waals surface area contributed by atoms with Crippen molar-refractivity contribution in [3.63, 3.8) is 0 Å². The average Bonchev–Trinajstić information content (AvgIpc) is 2.56. The van der Waals surface area contributed by atoms with Crippen LogP contribution in [0.1, 0.15) is 5.56 Å². The molecule has 0 amide bonds. The van der Waals surface area contributed by atoms with Crippen LogP contribution in [-0.2, 0) is 16.4 Å². The maximum absolute atomic E-state index is 11.2. The van der Waals surface area contributed by atoms with Gasteiger partial charge in [0.2, 0.25) is 10.0 Å². The summed E-state index contributed by atoms with van der Waals surface area (Å²) in [5, 5.41) is 9.11. The van der Waals surface area contributed by atoms with E-state index in [1.54, 1.807) is 30.5 Å². The minimum Gasteiger partial charge on any atom is -0.368 e. The number of fused-ring (bicyclic) bond motifs is 1. The zero-order chi connectivity index (χ0) is 18.0. The highest BCUT2D eigenvalue weighted by Crippen LogP contribution is 2.26. The maximum atomic E-state index is 11.2. The normalized spacial score (nSPS) is 11.6. The van der Waals surface area contributed by atoms with Crippen molar-refractivity contribution in [3.8, 4) is 0 Å². The summed E-state index contributed by atoms with van der Waals surface area (Å²) in [4.78, 5) is 8.84.